The zero-order chi connectivity index (χ0) is 29.3. The maximum atomic E-state index is 13.0. The predicted octanol–water partition coefficient (Wildman–Crippen LogP) is 9.90. The van der Waals surface area contributed by atoms with E-state index < -0.39 is 0 Å². The van der Waals surface area contributed by atoms with Crippen molar-refractivity contribution in [1.29, 1.82) is 5.41 Å². The Morgan fingerprint density at radius 1 is 0.619 bits per heavy atom. The van der Waals surface area contributed by atoms with E-state index >= 15 is 0 Å². The van der Waals surface area contributed by atoms with Crippen molar-refractivity contribution in [3.63, 3.8) is 0 Å². The molecule has 5 rings (SSSR count). The van der Waals surface area contributed by atoms with Gasteiger partial charge in [0.25, 0.3) is 0 Å². The Balaban J connectivity index is 1.12. The molecule has 0 unspecified atom stereocenters. The highest BCUT2D eigenvalue weighted by Crippen LogP contribution is 2.29. The number of ketones is 2. The Kier molecular flexibility index (Phi) is 9.93. The highest BCUT2D eigenvalue weighted by Gasteiger charge is 2.13. The molecule has 0 aliphatic heterocycles. The fourth-order valence-corrected chi connectivity index (χ4v) is 5.85. The first kappa shape index (κ1) is 29.4. The fraction of sp³-hybridized carbons (Fsp3) is 0.0571. The number of halogens is 1. The Hall–Kier alpha value is -4.10. The Bertz CT molecular complexity index is 1670. The number of rotatable bonds is 12. The third-order valence-electron chi connectivity index (χ3n) is 6.27. The van der Waals surface area contributed by atoms with Crippen LogP contribution in [0.2, 0.25) is 5.02 Å². The number of carbonyl (C=O) groups is 2. The minimum atomic E-state index is -0.259. The van der Waals surface area contributed by atoms with E-state index in [1.807, 2.05) is 91.0 Å². The van der Waals surface area contributed by atoms with Crippen molar-refractivity contribution in [2.75, 3.05) is 5.75 Å². The van der Waals surface area contributed by atoms with E-state index in [0.717, 1.165) is 20.4 Å². The van der Waals surface area contributed by atoms with E-state index in [1.165, 1.54) is 0 Å². The standard InChI is InChI=1S/C35H26ClNO3S2/c36-27-12-20-30(21-13-27)41-23-22-33(37)35(39)26-10-18-32(19-11-26)42-31-16-8-25(9-17-31)34(38)24-6-14-29(15-7-24)40-28-4-2-1-3-5-28/h1-21,37H,22-23H2. The van der Waals surface area contributed by atoms with Gasteiger partial charge in [0.05, 0.1) is 5.71 Å². The summed E-state index contributed by atoms with van der Waals surface area (Å²) < 4.78 is 5.81. The van der Waals surface area contributed by atoms with E-state index in [-0.39, 0.29) is 17.3 Å². The molecule has 7 heteroatoms. The van der Waals surface area contributed by atoms with Gasteiger partial charge >= 0.3 is 0 Å². The summed E-state index contributed by atoms with van der Waals surface area (Å²) in [5.74, 6) is 1.74. The number of Topliss-reactive ketones (excluding diaryl/α,β-unsaturated/α-hetero) is 1. The summed E-state index contributed by atoms with van der Waals surface area (Å²) in [6.07, 6.45) is 0.388. The summed E-state index contributed by atoms with van der Waals surface area (Å²) in [5.41, 5.74) is 1.78. The van der Waals surface area contributed by atoms with Crippen LogP contribution >= 0.6 is 35.1 Å². The Morgan fingerprint density at radius 3 is 1.71 bits per heavy atom. The van der Waals surface area contributed by atoms with Gasteiger partial charge in [-0.3, -0.25) is 9.59 Å². The summed E-state index contributed by atoms with van der Waals surface area (Å²) in [5, 5.41) is 8.90. The van der Waals surface area contributed by atoms with Gasteiger partial charge in [-0.2, -0.15) is 0 Å². The van der Waals surface area contributed by atoms with E-state index in [4.69, 9.17) is 21.7 Å². The van der Waals surface area contributed by atoms with E-state index in [1.54, 1.807) is 59.9 Å². The molecule has 0 radical (unpaired) electrons. The van der Waals surface area contributed by atoms with Crippen LogP contribution in [0.1, 0.15) is 32.7 Å². The molecule has 0 atom stereocenters. The molecule has 0 saturated carbocycles. The van der Waals surface area contributed by atoms with Crippen molar-refractivity contribution in [1.82, 2.24) is 0 Å². The van der Waals surface area contributed by atoms with E-state index in [9.17, 15) is 9.59 Å². The molecule has 0 bridgehead atoms. The summed E-state index contributed by atoms with van der Waals surface area (Å²) in [7, 11) is 0. The molecule has 0 spiro atoms. The molecule has 0 amide bonds. The molecule has 4 nitrogen and oxygen atoms in total. The van der Waals surface area contributed by atoms with Gasteiger partial charge in [-0.05, 0) is 109 Å². The summed E-state index contributed by atoms with van der Waals surface area (Å²) in [6.45, 7) is 0. The molecule has 0 aliphatic rings. The average Bonchev–Trinajstić information content (AvgIpc) is 3.03. The van der Waals surface area contributed by atoms with Crippen LogP contribution in [0.5, 0.6) is 11.5 Å². The van der Waals surface area contributed by atoms with Crippen LogP contribution in [0.4, 0.5) is 0 Å². The highest BCUT2D eigenvalue weighted by atomic mass is 35.5. The Morgan fingerprint density at radius 2 is 1.12 bits per heavy atom. The SMILES string of the molecule is N=C(CCSc1ccc(Cl)cc1)C(=O)c1ccc(Sc2ccc(C(=O)c3ccc(Oc4ccccc4)cc3)cc2)cc1. The zero-order valence-corrected chi connectivity index (χ0v) is 24.8. The van der Waals surface area contributed by atoms with Crippen LogP contribution in [0.25, 0.3) is 0 Å². The third-order valence-corrected chi connectivity index (χ3v) is 8.55. The first-order chi connectivity index (χ1) is 20.4. The quantitative estimate of drug-likeness (QED) is 0.0868. The topological polar surface area (TPSA) is 67.2 Å². The largest absolute Gasteiger partial charge is 0.457 e. The zero-order valence-electron chi connectivity index (χ0n) is 22.5. The van der Waals surface area contributed by atoms with Crippen molar-refractivity contribution < 1.29 is 14.3 Å². The van der Waals surface area contributed by atoms with Crippen LogP contribution < -0.4 is 4.74 Å². The van der Waals surface area contributed by atoms with Crippen LogP contribution in [0.3, 0.4) is 0 Å². The number of para-hydroxylation sites is 1. The van der Waals surface area contributed by atoms with Crippen molar-refractivity contribution in [2.24, 2.45) is 0 Å². The number of carbonyl (C=O) groups excluding carboxylic acids is 2. The number of hydrogen-bond donors (Lipinski definition) is 1. The van der Waals surface area contributed by atoms with Crippen molar-refractivity contribution >= 4 is 52.4 Å². The second-order valence-corrected chi connectivity index (χ2v) is 12.0. The molecule has 0 saturated heterocycles. The van der Waals surface area contributed by atoms with Gasteiger partial charge < -0.3 is 10.1 Å². The van der Waals surface area contributed by atoms with Crippen LogP contribution in [-0.2, 0) is 0 Å². The molecule has 0 aromatic heterocycles. The number of hydrogen-bond acceptors (Lipinski definition) is 6. The van der Waals surface area contributed by atoms with Gasteiger partial charge in [0, 0.05) is 48.6 Å². The number of ether oxygens (including phenoxy) is 1. The first-order valence-electron chi connectivity index (χ1n) is 13.2. The van der Waals surface area contributed by atoms with Gasteiger partial charge in [-0.15, -0.1) is 11.8 Å². The van der Waals surface area contributed by atoms with Crippen LogP contribution in [0.15, 0.2) is 142 Å². The molecule has 1 N–H and O–H groups in total. The van der Waals surface area contributed by atoms with Crippen molar-refractivity contribution in [3.8, 4) is 11.5 Å². The molecule has 0 heterocycles. The average molecular weight is 608 g/mol. The lowest BCUT2D eigenvalue weighted by atomic mass is 10.0. The van der Waals surface area contributed by atoms with Crippen molar-refractivity contribution in [2.45, 2.75) is 21.1 Å². The number of nitrogens with one attached hydrogen (secondary N) is 1. The van der Waals surface area contributed by atoms with Crippen LogP contribution in [-0.4, -0.2) is 23.0 Å². The molecule has 5 aromatic carbocycles. The van der Waals surface area contributed by atoms with Crippen LogP contribution in [0, 0.1) is 5.41 Å². The Labute approximate surface area is 258 Å². The van der Waals surface area contributed by atoms with E-state index in [2.05, 4.69) is 0 Å². The highest BCUT2D eigenvalue weighted by molar-refractivity contribution is 7.99. The third kappa shape index (κ3) is 8.01. The molecule has 5 aromatic rings. The summed E-state index contributed by atoms with van der Waals surface area (Å²) in [6, 6.07) is 38.9. The number of benzene rings is 5. The molecular weight excluding hydrogens is 582 g/mol. The maximum absolute atomic E-state index is 13.0. The van der Waals surface area contributed by atoms with Gasteiger partial charge in [0.1, 0.15) is 11.5 Å². The smallest absolute Gasteiger partial charge is 0.206 e. The number of thioether (sulfide) groups is 1. The van der Waals surface area contributed by atoms with E-state index in [0.29, 0.717) is 39.6 Å². The maximum Gasteiger partial charge on any atom is 0.206 e. The van der Waals surface area contributed by atoms with Gasteiger partial charge in [-0.1, -0.05) is 41.6 Å². The summed E-state index contributed by atoms with van der Waals surface area (Å²) in [4.78, 5) is 28.7. The molecule has 208 valence electrons. The summed E-state index contributed by atoms with van der Waals surface area (Å²) >= 11 is 9.05. The van der Waals surface area contributed by atoms with Gasteiger partial charge in [0.2, 0.25) is 5.78 Å². The molecule has 42 heavy (non-hydrogen) atoms. The fourth-order valence-electron chi connectivity index (χ4n) is 4.04. The predicted molar refractivity (Wildman–Crippen MR) is 172 cm³/mol. The van der Waals surface area contributed by atoms with Crippen molar-refractivity contribution in [3.05, 3.63) is 149 Å². The molecule has 0 fully saturated rings. The molecular formula is C35H26ClNO3S2. The molecule has 0 aliphatic carbocycles. The van der Waals surface area contributed by atoms with Gasteiger partial charge in [0.15, 0.2) is 5.78 Å². The first-order valence-corrected chi connectivity index (χ1v) is 15.4. The lowest BCUT2D eigenvalue weighted by Crippen LogP contribution is -2.13. The van der Waals surface area contributed by atoms with Gasteiger partial charge in [-0.25, -0.2) is 0 Å². The minimum absolute atomic E-state index is 0.0605. The lowest BCUT2D eigenvalue weighted by Gasteiger charge is -2.08. The lowest BCUT2D eigenvalue weighted by molar-refractivity contribution is 0.103. The normalized spacial score (nSPS) is 10.7. The second kappa shape index (κ2) is 14.2. The second-order valence-electron chi connectivity index (χ2n) is 9.28. The monoisotopic (exact) mass is 607 g/mol. The minimum Gasteiger partial charge on any atom is -0.457 e.